The molecule has 0 aromatic carbocycles. The molecule has 0 fully saturated rings. The van der Waals surface area contributed by atoms with Crippen molar-refractivity contribution >= 4 is 14.1 Å². The molecule has 0 bridgehead atoms. The lowest BCUT2D eigenvalue weighted by Crippen LogP contribution is -2.17. The number of hydrogen-bond donors (Lipinski definition) is 1. The van der Waals surface area contributed by atoms with Gasteiger partial charge in [-0.05, 0) is 14.1 Å². The van der Waals surface area contributed by atoms with Gasteiger partial charge in [0.2, 0.25) is 0 Å². The Kier molecular flexibility index (Phi) is 6.96. The van der Waals surface area contributed by atoms with Gasteiger partial charge in [-0.2, -0.15) is 0 Å². The first kappa shape index (κ1) is 13.7. The van der Waals surface area contributed by atoms with E-state index in [1.54, 1.807) is 0 Å². The van der Waals surface area contributed by atoms with Crippen molar-refractivity contribution in [3.63, 3.8) is 0 Å². The van der Waals surface area contributed by atoms with Gasteiger partial charge in [0.25, 0.3) is 0 Å². The Morgan fingerprint density at radius 1 is 1.36 bits per heavy atom. The maximum atomic E-state index is 11.0. The molecule has 1 N–H and O–H groups in total. The summed E-state index contributed by atoms with van der Waals surface area (Å²) in [7, 11) is -0.327. The first-order valence-electron chi connectivity index (χ1n) is 4.18. The van der Waals surface area contributed by atoms with E-state index in [-0.39, 0.29) is 19.6 Å². The van der Waals surface area contributed by atoms with E-state index in [0.717, 1.165) is 0 Å². The number of hydrogen-bond acceptors (Lipinski definition) is 5. The molecule has 1 atom stereocenters. The molecular weight excluding hydrogens is 209 g/mol. The van der Waals surface area contributed by atoms with Crippen LogP contribution in [0.15, 0.2) is 0 Å². The maximum absolute atomic E-state index is 11.0. The summed E-state index contributed by atoms with van der Waals surface area (Å²) >= 11 is 0. The quantitative estimate of drug-likeness (QED) is 0.363. The first-order valence-corrected chi connectivity index (χ1v) is 5.68. The van der Waals surface area contributed by atoms with Gasteiger partial charge >= 0.3 is 7.82 Å². The first-order chi connectivity index (χ1) is 6.48. The molecule has 0 radical (unpaired) electrons. The molecule has 84 valence electrons. The summed E-state index contributed by atoms with van der Waals surface area (Å²) in [4.78, 5) is 20.7. The van der Waals surface area contributed by atoms with Gasteiger partial charge in [0.15, 0.2) is 0 Å². The molecule has 0 aromatic rings. The third-order valence-corrected chi connectivity index (χ3v) is 2.30. The number of nitrogens with zero attached hydrogens (tertiary/aromatic N) is 1. The number of carbonyl (C=O) groups excluding carboxylic acids is 1. The Balaban J connectivity index is 3.61. The molecule has 7 heteroatoms. The highest BCUT2D eigenvalue weighted by molar-refractivity contribution is 7.47. The lowest BCUT2D eigenvalue weighted by atomic mass is 10.5. The second-order valence-corrected chi connectivity index (χ2v) is 4.35. The minimum absolute atomic E-state index is 0.0849. The van der Waals surface area contributed by atoms with Gasteiger partial charge in [-0.15, -0.1) is 0 Å². The van der Waals surface area contributed by atoms with Gasteiger partial charge < -0.3 is 14.6 Å². The molecule has 0 saturated heterocycles. The average Bonchev–Trinajstić information content (AvgIpc) is 2.03. The van der Waals surface area contributed by atoms with E-state index in [1.807, 2.05) is 19.0 Å². The number of carbonyl (C=O) groups is 1. The van der Waals surface area contributed by atoms with Gasteiger partial charge in [-0.3, -0.25) is 9.05 Å². The molecule has 0 spiro atoms. The van der Waals surface area contributed by atoms with Crippen LogP contribution in [0, 0.1) is 0 Å². The van der Waals surface area contributed by atoms with Gasteiger partial charge in [-0.25, -0.2) is 4.57 Å². The van der Waals surface area contributed by atoms with Crippen molar-refractivity contribution in [1.29, 1.82) is 0 Å². The number of phosphoric acid groups is 1. The van der Waals surface area contributed by atoms with E-state index < -0.39 is 7.82 Å². The van der Waals surface area contributed by atoms with Crippen molar-refractivity contribution in [1.82, 2.24) is 4.90 Å². The van der Waals surface area contributed by atoms with Crippen molar-refractivity contribution in [2.45, 2.75) is 6.42 Å². The monoisotopic (exact) mass is 225 g/mol. The standard InChI is InChI=1S/C7H16NO5P/c1-8(2)4-7-13-14(10,11)12-6-3-5-9/h5H,3-4,6-7H2,1-2H3,(H,10,11). The number of likely N-dealkylation sites (N-methyl/N-ethyl adjacent to an activating group) is 1. The Labute approximate surface area is 83.4 Å². The van der Waals surface area contributed by atoms with E-state index in [4.69, 9.17) is 4.89 Å². The molecule has 0 aliphatic carbocycles. The van der Waals surface area contributed by atoms with Gasteiger partial charge in [0, 0.05) is 13.0 Å². The molecule has 1 unspecified atom stereocenters. The number of rotatable bonds is 8. The minimum Gasteiger partial charge on any atom is -0.307 e. The predicted octanol–water partition coefficient (Wildman–Crippen LogP) is 0.271. The molecule has 6 nitrogen and oxygen atoms in total. The summed E-state index contributed by atoms with van der Waals surface area (Å²) in [6.07, 6.45) is 0.696. The maximum Gasteiger partial charge on any atom is 0.472 e. The van der Waals surface area contributed by atoms with Crippen LogP contribution in [0.2, 0.25) is 0 Å². The van der Waals surface area contributed by atoms with E-state index in [2.05, 4.69) is 9.05 Å². The van der Waals surface area contributed by atoms with Crippen LogP contribution in [0.1, 0.15) is 6.42 Å². The molecule has 0 aliphatic rings. The summed E-state index contributed by atoms with van der Waals surface area (Å²) in [5.41, 5.74) is 0. The van der Waals surface area contributed by atoms with E-state index in [9.17, 15) is 9.36 Å². The van der Waals surface area contributed by atoms with Crippen molar-refractivity contribution in [2.75, 3.05) is 33.9 Å². The van der Waals surface area contributed by atoms with Crippen molar-refractivity contribution in [2.24, 2.45) is 0 Å². The zero-order valence-corrected chi connectivity index (χ0v) is 9.27. The summed E-state index contributed by atoms with van der Waals surface area (Å²) in [5, 5.41) is 0. The Morgan fingerprint density at radius 2 is 1.93 bits per heavy atom. The molecule has 0 heterocycles. The Bertz CT molecular complexity index is 208. The average molecular weight is 225 g/mol. The van der Waals surface area contributed by atoms with Crippen LogP contribution < -0.4 is 0 Å². The largest absolute Gasteiger partial charge is 0.472 e. The summed E-state index contributed by atoms with van der Waals surface area (Å²) in [6, 6.07) is 0. The van der Waals surface area contributed by atoms with E-state index in [1.165, 1.54) is 0 Å². The highest BCUT2D eigenvalue weighted by Gasteiger charge is 2.19. The molecule has 14 heavy (non-hydrogen) atoms. The highest BCUT2D eigenvalue weighted by atomic mass is 31.2. The fourth-order valence-corrected chi connectivity index (χ4v) is 1.32. The van der Waals surface area contributed by atoms with Crippen molar-refractivity contribution < 1.29 is 23.3 Å². The van der Waals surface area contributed by atoms with Crippen molar-refractivity contribution in [3.05, 3.63) is 0 Å². The summed E-state index contributed by atoms with van der Waals surface area (Å²) in [6.45, 7) is 0.544. The van der Waals surface area contributed by atoms with E-state index in [0.29, 0.717) is 12.8 Å². The fraction of sp³-hybridized carbons (Fsp3) is 0.857. The second kappa shape index (κ2) is 7.09. The highest BCUT2D eigenvalue weighted by Crippen LogP contribution is 2.42. The normalized spacial score (nSPS) is 15.4. The molecule has 0 amide bonds. The van der Waals surface area contributed by atoms with Gasteiger partial charge in [0.05, 0.1) is 13.2 Å². The minimum atomic E-state index is -3.96. The molecule has 0 aliphatic heterocycles. The molecular formula is C7H16NO5P. The zero-order valence-electron chi connectivity index (χ0n) is 8.38. The van der Waals surface area contributed by atoms with Crippen molar-refractivity contribution in [3.8, 4) is 0 Å². The third-order valence-electron chi connectivity index (χ3n) is 1.28. The lowest BCUT2D eigenvalue weighted by Gasteiger charge is -2.13. The van der Waals surface area contributed by atoms with Crippen LogP contribution >= 0.6 is 7.82 Å². The molecule has 0 rings (SSSR count). The van der Waals surface area contributed by atoms with Crippen LogP contribution in [-0.4, -0.2) is 49.9 Å². The molecule has 0 saturated carbocycles. The zero-order chi connectivity index (χ0) is 11.0. The van der Waals surface area contributed by atoms with Crippen LogP contribution in [-0.2, 0) is 18.4 Å². The number of aldehydes is 1. The van der Waals surface area contributed by atoms with E-state index >= 15 is 0 Å². The van der Waals surface area contributed by atoms with Crippen LogP contribution in [0.25, 0.3) is 0 Å². The summed E-state index contributed by atoms with van der Waals surface area (Å²) < 4.78 is 20.2. The van der Waals surface area contributed by atoms with Crippen LogP contribution in [0.3, 0.4) is 0 Å². The van der Waals surface area contributed by atoms with Gasteiger partial charge in [-0.1, -0.05) is 0 Å². The predicted molar refractivity (Wildman–Crippen MR) is 51.0 cm³/mol. The fourth-order valence-electron chi connectivity index (χ4n) is 0.592. The third kappa shape index (κ3) is 8.34. The topological polar surface area (TPSA) is 76.1 Å². The summed E-state index contributed by atoms with van der Waals surface area (Å²) in [5.74, 6) is 0. The van der Waals surface area contributed by atoms with Crippen LogP contribution in [0.4, 0.5) is 0 Å². The second-order valence-electron chi connectivity index (χ2n) is 2.89. The smallest absolute Gasteiger partial charge is 0.307 e. The number of phosphoric ester groups is 1. The lowest BCUT2D eigenvalue weighted by molar-refractivity contribution is -0.108. The molecule has 0 aromatic heterocycles. The Morgan fingerprint density at radius 3 is 2.43 bits per heavy atom. The van der Waals surface area contributed by atoms with Crippen LogP contribution in [0.5, 0.6) is 0 Å². The Hall–Kier alpha value is -0.260. The van der Waals surface area contributed by atoms with Gasteiger partial charge in [0.1, 0.15) is 6.29 Å². The SMILES string of the molecule is CN(C)CCOP(=O)(O)OCCC=O.